The number of nitrogens with one attached hydrogen (secondary N) is 1. The zero-order valence-electron chi connectivity index (χ0n) is 19.6. The van der Waals surface area contributed by atoms with Gasteiger partial charge in [-0.15, -0.1) is 11.8 Å². The predicted molar refractivity (Wildman–Crippen MR) is 123 cm³/mol. The molecule has 1 heterocycles. The Balaban J connectivity index is 2.67. The molecular weight excluding hydrogens is 448 g/mol. The minimum Gasteiger partial charge on any atom is -0.493 e. The molecule has 0 bridgehead atoms. The van der Waals surface area contributed by atoms with E-state index in [4.69, 9.17) is 18.9 Å². The maximum atomic E-state index is 12.9. The molecule has 0 spiro atoms. The first-order valence-corrected chi connectivity index (χ1v) is 11.1. The number of hydrogen-bond donors (Lipinski definition) is 1. The molecule has 1 aliphatic heterocycles. The minimum absolute atomic E-state index is 0.174. The molecule has 9 nitrogen and oxygen atoms in total. The molecule has 2 rings (SSSR count). The van der Waals surface area contributed by atoms with Crippen molar-refractivity contribution in [3.8, 4) is 23.3 Å². The van der Waals surface area contributed by atoms with Crippen LogP contribution in [0.15, 0.2) is 34.0 Å². The SMILES string of the molecule is CCOC(=O)C1=C(C)NC(SCCC(=O)OC)=C(C#N)C1c1cc(OC)c(OC)c(OC)c1. The van der Waals surface area contributed by atoms with Gasteiger partial charge in [0.15, 0.2) is 11.5 Å². The maximum Gasteiger partial charge on any atom is 0.336 e. The summed E-state index contributed by atoms with van der Waals surface area (Å²) in [5, 5.41) is 13.8. The summed E-state index contributed by atoms with van der Waals surface area (Å²) < 4.78 is 26.3. The van der Waals surface area contributed by atoms with Crippen molar-refractivity contribution in [1.82, 2.24) is 5.32 Å². The zero-order valence-corrected chi connectivity index (χ0v) is 20.4. The molecule has 0 aliphatic carbocycles. The number of carbonyl (C=O) groups is 2. The van der Waals surface area contributed by atoms with Gasteiger partial charge in [0.25, 0.3) is 0 Å². The van der Waals surface area contributed by atoms with Gasteiger partial charge in [0.05, 0.1) is 69.6 Å². The Hall–Kier alpha value is -3.32. The lowest BCUT2D eigenvalue weighted by atomic mass is 9.82. The van der Waals surface area contributed by atoms with Crippen molar-refractivity contribution in [3.63, 3.8) is 0 Å². The summed E-state index contributed by atoms with van der Waals surface area (Å²) in [5.41, 5.74) is 1.76. The number of esters is 2. The van der Waals surface area contributed by atoms with E-state index >= 15 is 0 Å². The lowest BCUT2D eigenvalue weighted by Crippen LogP contribution is -2.29. The van der Waals surface area contributed by atoms with Gasteiger partial charge in [-0.3, -0.25) is 4.79 Å². The molecule has 1 aromatic rings. The van der Waals surface area contributed by atoms with Crippen LogP contribution in [0.4, 0.5) is 0 Å². The van der Waals surface area contributed by atoms with E-state index in [9.17, 15) is 14.9 Å². The van der Waals surface area contributed by atoms with Crippen LogP contribution in [0.3, 0.4) is 0 Å². The highest BCUT2D eigenvalue weighted by Gasteiger charge is 2.36. The van der Waals surface area contributed by atoms with E-state index in [2.05, 4.69) is 16.1 Å². The van der Waals surface area contributed by atoms with Crippen LogP contribution in [0.25, 0.3) is 0 Å². The maximum absolute atomic E-state index is 12.9. The van der Waals surface area contributed by atoms with Gasteiger partial charge in [0.1, 0.15) is 0 Å². The number of dihydropyridines is 1. The highest BCUT2D eigenvalue weighted by atomic mass is 32.2. The lowest BCUT2D eigenvalue weighted by Gasteiger charge is -2.30. The fourth-order valence-corrected chi connectivity index (χ4v) is 4.46. The number of hydrogen-bond acceptors (Lipinski definition) is 10. The van der Waals surface area contributed by atoms with Crippen molar-refractivity contribution in [3.05, 3.63) is 39.6 Å². The fourth-order valence-electron chi connectivity index (χ4n) is 3.45. The van der Waals surface area contributed by atoms with E-state index in [0.717, 1.165) is 0 Å². The zero-order chi connectivity index (χ0) is 24.5. The van der Waals surface area contributed by atoms with Crippen LogP contribution < -0.4 is 19.5 Å². The molecular formula is C23H28N2O7S. The fraction of sp³-hybridized carbons (Fsp3) is 0.435. The standard InChI is InChI=1S/C23H28N2O7S/c1-7-32-23(27)19-13(2)25-22(33-9-8-18(26)30-5)15(12-24)20(19)14-10-16(28-3)21(31-6)17(11-14)29-4/h10-11,20,25H,7-9H2,1-6H3. The van der Waals surface area contributed by atoms with Crippen LogP contribution in [0.5, 0.6) is 17.2 Å². The number of ether oxygens (including phenoxy) is 5. The monoisotopic (exact) mass is 476 g/mol. The second kappa shape index (κ2) is 12.1. The van der Waals surface area contributed by atoms with E-state index in [1.807, 2.05) is 0 Å². The number of nitrogens with zero attached hydrogens (tertiary/aromatic N) is 1. The third kappa shape index (κ3) is 5.73. The Morgan fingerprint density at radius 1 is 1.12 bits per heavy atom. The van der Waals surface area contributed by atoms with Crippen LogP contribution in [0, 0.1) is 11.3 Å². The Morgan fingerprint density at radius 3 is 2.24 bits per heavy atom. The summed E-state index contributed by atoms with van der Waals surface area (Å²) in [5.74, 6) is -0.0575. The smallest absolute Gasteiger partial charge is 0.336 e. The van der Waals surface area contributed by atoms with Crippen molar-refractivity contribution in [1.29, 1.82) is 5.26 Å². The van der Waals surface area contributed by atoms with E-state index in [1.54, 1.807) is 26.0 Å². The minimum atomic E-state index is -0.746. The normalized spacial score (nSPS) is 15.4. The van der Waals surface area contributed by atoms with Gasteiger partial charge in [-0.1, -0.05) is 0 Å². The van der Waals surface area contributed by atoms with Gasteiger partial charge >= 0.3 is 11.9 Å². The summed E-state index contributed by atoms with van der Waals surface area (Å²) in [7, 11) is 5.80. The quantitative estimate of drug-likeness (QED) is 0.504. The van der Waals surface area contributed by atoms with E-state index in [-0.39, 0.29) is 19.0 Å². The molecule has 0 radical (unpaired) electrons. The largest absolute Gasteiger partial charge is 0.493 e. The molecule has 1 aromatic carbocycles. The van der Waals surface area contributed by atoms with Crippen LogP contribution in [-0.4, -0.2) is 52.7 Å². The van der Waals surface area contributed by atoms with Gasteiger partial charge < -0.3 is 29.0 Å². The Morgan fingerprint density at radius 2 is 1.76 bits per heavy atom. The Bertz CT molecular complexity index is 986. The number of carbonyl (C=O) groups excluding carboxylic acids is 2. The van der Waals surface area contributed by atoms with Gasteiger partial charge in [-0.25, -0.2) is 4.79 Å². The van der Waals surface area contributed by atoms with Crippen LogP contribution in [0.2, 0.25) is 0 Å². The van der Waals surface area contributed by atoms with Crippen molar-refractivity contribution in [2.45, 2.75) is 26.2 Å². The Labute approximate surface area is 197 Å². The summed E-state index contributed by atoms with van der Waals surface area (Å²) in [6, 6.07) is 5.64. The third-order valence-electron chi connectivity index (χ3n) is 4.94. The predicted octanol–water partition coefficient (Wildman–Crippen LogP) is 3.27. The molecule has 178 valence electrons. The topological polar surface area (TPSA) is 116 Å². The van der Waals surface area contributed by atoms with Gasteiger partial charge in [-0.2, -0.15) is 5.26 Å². The molecule has 10 heteroatoms. The lowest BCUT2D eigenvalue weighted by molar-refractivity contribution is -0.140. The van der Waals surface area contributed by atoms with Crippen LogP contribution in [0.1, 0.15) is 31.7 Å². The van der Waals surface area contributed by atoms with Gasteiger partial charge in [0, 0.05) is 11.4 Å². The number of allylic oxidation sites excluding steroid dienone is 2. The summed E-state index contributed by atoms with van der Waals surface area (Å²) >= 11 is 1.30. The van der Waals surface area contributed by atoms with Crippen molar-refractivity contribution < 1.29 is 33.3 Å². The van der Waals surface area contributed by atoms with Crippen LogP contribution >= 0.6 is 11.8 Å². The first-order valence-electron chi connectivity index (χ1n) is 10.1. The number of benzene rings is 1. The number of rotatable bonds is 10. The Kier molecular flexibility index (Phi) is 9.48. The van der Waals surface area contributed by atoms with E-state index in [1.165, 1.54) is 40.2 Å². The molecule has 1 N–H and O–H groups in total. The second-order valence-electron chi connectivity index (χ2n) is 6.81. The molecule has 1 atom stereocenters. The number of thioether (sulfide) groups is 1. The van der Waals surface area contributed by atoms with Crippen molar-refractivity contribution in [2.24, 2.45) is 0 Å². The van der Waals surface area contributed by atoms with Crippen LogP contribution in [-0.2, 0) is 19.1 Å². The van der Waals surface area contributed by atoms with Gasteiger partial charge in [0.2, 0.25) is 5.75 Å². The number of nitriles is 1. The van der Waals surface area contributed by atoms with Crippen molar-refractivity contribution >= 4 is 23.7 Å². The van der Waals surface area contributed by atoms with Gasteiger partial charge in [-0.05, 0) is 31.5 Å². The average Bonchev–Trinajstić information content (AvgIpc) is 2.82. The molecule has 1 unspecified atom stereocenters. The molecule has 0 saturated heterocycles. The molecule has 1 aliphatic rings. The molecule has 0 fully saturated rings. The summed E-state index contributed by atoms with van der Waals surface area (Å²) in [6.45, 7) is 3.64. The summed E-state index contributed by atoms with van der Waals surface area (Å²) in [4.78, 5) is 24.4. The second-order valence-corrected chi connectivity index (χ2v) is 7.91. The first kappa shape index (κ1) is 25.9. The molecule has 0 amide bonds. The average molecular weight is 477 g/mol. The first-order chi connectivity index (χ1) is 15.9. The molecule has 0 aromatic heterocycles. The van der Waals surface area contributed by atoms with E-state index in [0.29, 0.717) is 50.4 Å². The highest BCUT2D eigenvalue weighted by Crippen LogP contribution is 2.46. The summed E-state index contributed by atoms with van der Waals surface area (Å²) in [6.07, 6.45) is 0.174. The van der Waals surface area contributed by atoms with Crippen molar-refractivity contribution in [2.75, 3.05) is 40.8 Å². The molecule has 33 heavy (non-hydrogen) atoms. The molecule has 0 saturated carbocycles. The van der Waals surface area contributed by atoms with E-state index < -0.39 is 11.9 Å². The number of methoxy groups -OCH3 is 4. The highest BCUT2D eigenvalue weighted by molar-refractivity contribution is 8.03. The third-order valence-corrected chi connectivity index (χ3v) is 5.96.